The SMILES string of the molecule is Cc1nn(Cc2nc(-c3ccc(NC(=O)c4ccccc4)cc3)oc2C)c(C)c1C. The average molecular weight is 400 g/mol. The number of aromatic nitrogens is 3. The molecule has 4 aromatic rings. The molecule has 2 heterocycles. The maximum Gasteiger partial charge on any atom is 0.255 e. The molecule has 0 radical (unpaired) electrons. The van der Waals surface area contributed by atoms with Crippen molar-refractivity contribution in [2.45, 2.75) is 34.2 Å². The monoisotopic (exact) mass is 400 g/mol. The second kappa shape index (κ2) is 7.99. The summed E-state index contributed by atoms with van der Waals surface area (Å²) in [4.78, 5) is 17.0. The molecule has 0 aliphatic carbocycles. The van der Waals surface area contributed by atoms with E-state index in [1.165, 1.54) is 5.56 Å². The number of benzene rings is 2. The third kappa shape index (κ3) is 3.89. The first-order valence-corrected chi connectivity index (χ1v) is 9.86. The summed E-state index contributed by atoms with van der Waals surface area (Å²) < 4.78 is 7.86. The molecule has 4 rings (SSSR count). The highest BCUT2D eigenvalue weighted by atomic mass is 16.4. The van der Waals surface area contributed by atoms with E-state index in [1.807, 2.05) is 61.0 Å². The van der Waals surface area contributed by atoms with Crippen LogP contribution in [0.1, 0.15) is 38.8 Å². The molecule has 30 heavy (non-hydrogen) atoms. The van der Waals surface area contributed by atoms with Crippen LogP contribution in [0.15, 0.2) is 59.0 Å². The number of nitrogens with one attached hydrogen (secondary N) is 1. The molecule has 0 aliphatic rings. The van der Waals surface area contributed by atoms with Gasteiger partial charge in [-0.15, -0.1) is 0 Å². The number of aryl methyl sites for hydroxylation is 2. The van der Waals surface area contributed by atoms with Gasteiger partial charge in [0, 0.05) is 22.5 Å². The van der Waals surface area contributed by atoms with E-state index in [2.05, 4.69) is 29.2 Å². The summed E-state index contributed by atoms with van der Waals surface area (Å²) in [6, 6.07) is 16.6. The van der Waals surface area contributed by atoms with Crippen LogP contribution in [0.4, 0.5) is 5.69 Å². The maximum atomic E-state index is 12.3. The number of rotatable bonds is 5. The summed E-state index contributed by atoms with van der Waals surface area (Å²) in [5.74, 6) is 1.19. The fraction of sp³-hybridized carbons (Fsp3) is 0.208. The molecule has 0 unspecified atom stereocenters. The first kappa shape index (κ1) is 19.6. The molecule has 152 valence electrons. The Morgan fingerprint density at radius 2 is 1.70 bits per heavy atom. The number of nitrogens with zero attached hydrogens (tertiary/aromatic N) is 3. The van der Waals surface area contributed by atoms with Crippen LogP contribution < -0.4 is 5.32 Å². The molecule has 0 saturated heterocycles. The lowest BCUT2D eigenvalue weighted by Gasteiger charge is -2.05. The highest BCUT2D eigenvalue weighted by Gasteiger charge is 2.15. The third-order valence-electron chi connectivity index (χ3n) is 5.36. The molecule has 1 amide bonds. The summed E-state index contributed by atoms with van der Waals surface area (Å²) >= 11 is 0. The smallest absolute Gasteiger partial charge is 0.255 e. The highest BCUT2D eigenvalue weighted by molar-refractivity contribution is 6.04. The van der Waals surface area contributed by atoms with E-state index in [4.69, 9.17) is 4.42 Å². The largest absolute Gasteiger partial charge is 0.441 e. The minimum Gasteiger partial charge on any atom is -0.441 e. The van der Waals surface area contributed by atoms with Gasteiger partial charge in [-0.3, -0.25) is 9.48 Å². The Morgan fingerprint density at radius 3 is 2.33 bits per heavy atom. The van der Waals surface area contributed by atoms with Crippen LogP contribution in [-0.2, 0) is 6.54 Å². The lowest BCUT2D eigenvalue weighted by molar-refractivity contribution is 0.102. The van der Waals surface area contributed by atoms with Crippen molar-refractivity contribution in [2.24, 2.45) is 0 Å². The third-order valence-corrected chi connectivity index (χ3v) is 5.36. The van der Waals surface area contributed by atoms with E-state index in [1.54, 1.807) is 12.1 Å². The maximum absolute atomic E-state index is 12.3. The molecule has 6 heteroatoms. The zero-order valence-electron chi connectivity index (χ0n) is 17.6. The van der Waals surface area contributed by atoms with Crippen molar-refractivity contribution in [3.8, 4) is 11.5 Å². The lowest BCUT2D eigenvalue weighted by atomic mass is 10.2. The van der Waals surface area contributed by atoms with Crippen LogP contribution >= 0.6 is 0 Å². The Kier molecular flexibility index (Phi) is 5.23. The molecule has 1 N–H and O–H groups in total. The summed E-state index contributed by atoms with van der Waals surface area (Å²) in [6.45, 7) is 8.64. The molecule has 2 aromatic heterocycles. The fourth-order valence-corrected chi connectivity index (χ4v) is 3.27. The molecule has 0 saturated carbocycles. The second-order valence-corrected chi connectivity index (χ2v) is 7.37. The number of amides is 1. The fourth-order valence-electron chi connectivity index (χ4n) is 3.27. The summed E-state index contributed by atoms with van der Waals surface area (Å²) in [5, 5.41) is 7.49. The number of hydrogen-bond acceptors (Lipinski definition) is 4. The van der Waals surface area contributed by atoms with Gasteiger partial charge in [-0.05, 0) is 69.7 Å². The summed E-state index contributed by atoms with van der Waals surface area (Å²) in [7, 11) is 0. The average Bonchev–Trinajstić information content (AvgIpc) is 3.24. The second-order valence-electron chi connectivity index (χ2n) is 7.37. The van der Waals surface area contributed by atoms with Gasteiger partial charge in [-0.25, -0.2) is 4.98 Å². The quantitative estimate of drug-likeness (QED) is 0.507. The topological polar surface area (TPSA) is 73.0 Å². The Hall–Kier alpha value is -3.67. The Labute approximate surface area is 175 Å². The molecule has 2 aromatic carbocycles. The van der Waals surface area contributed by atoms with Crippen molar-refractivity contribution in [1.29, 1.82) is 0 Å². The highest BCUT2D eigenvalue weighted by Crippen LogP contribution is 2.24. The lowest BCUT2D eigenvalue weighted by Crippen LogP contribution is -2.11. The number of anilines is 1. The summed E-state index contributed by atoms with van der Waals surface area (Å²) in [5.41, 5.74) is 6.41. The van der Waals surface area contributed by atoms with Crippen molar-refractivity contribution >= 4 is 11.6 Å². The van der Waals surface area contributed by atoms with Gasteiger partial charge in [-0.1, -0.05) is 18.2 Å². The van der Waals surface area contributed by atoms with E-state index >= 15 is 0 Å². The van der Waals surface area contributed by atoms with E-state index in [0.29, 0.717) is 23.7 Å². The van der Waals surface area contributed by atoms with Gasteiger partial charge in [0.25, 0.3) is 5.91 Å². The van der Waals surface area contributed by atoms with E-state index < -0.39 is 0 Å². The van der Waals surface area contributed by atoms with E-state index in [-0.39, 0.29) is 5.91 Å². The molecular weight excluding hydrogens is 376 g/mol. The first-order chi connectivity index (χ1) is 14.4. The van der Waals surface area contributed by atoms with Gasteiger partial charge in [-0.2, -0.15) is 5.10 Å². The van der Waals surface area contributed by atoms with Gasteiger partial charge in [0.1, 0.15) is 11.5 Å². The standard InChI is InChI=1S/C24H24N4O2/c1-15-16(2)27-28(17(15)3)14-22-18(4)30-24(26-22)20-10-12-21(13-11-20)25-23(29)19-8-6-5-7-9-19/h5-13H,14H2,1-4H3,(H,25,29). The van der Waals surface area contributed by atoms with E-state index in [0.717, 1.165) is 28.4 Å². The van der Waals surface area contributed by atoms with Gasteiger partial charge in [0.05, 0.1) is 12.2 Å². The Balaban J connectivity index is 1.50. The van der Waals surface area contributed by atoms with Crippen molar-refractivity contribution in [3.63, 3.8) is 0 Å². The van der Waals surface area contributed by atoms with Crippen LogP contribution in [0.5, 0.6) is 0 Å². The zero-order chi connectivity index (χ0) is 21.3. The van der Waals surface area contributed by atoms with Crippen molar-refractivity contribution in [3.05, 3.63) is 88.6 Å². The van der Waals surface area contributed by atoms with Crippen molar-refractivity contribution in [1.82, 2.24) is 14.8 Å². The Morgan fingerprint density at radius 1 is 1.00 bits per heavy atom. The predicted molar refractivity (Wildman–Crippen MR) is 117 cm³/mol. The van der Waals surface area contributed by atoms with E-state index in [9.17, 15) is 4.79 Å². The van der Waals surface area contributed by atoms with Crippen molar-refractivity contribution in [2.75, 3.05) is 5.32 Å². The zero-order valence-corrected chi connectivity index (χ0v) is 17.6. The number of carbonyl (C=O) groups is 1. The van der Waals surface area contributed by atoms with Gasteiger partial charge >= 0.3 is 0 Å². The van der Waals surface area contributed by atoms with Gasteiger partial charge in [0.15, 0.2) is 0 Å². The number of hydrogen-bond donors (Lipinski definition) is 1. The first-order valence-electron chi connectivity index (χ1n) is 9.86. The normalized spacial score (nSPS) is 10.9. The molecular formula is C24H24N4O2. The molecule has 0 atom stereocenters. The van der Waals surface area contributed by atoms with Gasteiger partial charge < -0.3 is 9.73 Å². The van der Waals surface area contributed by atoms with Crippen LogP contribution in [-0.4, -0.2) is 20.7 Å². The van der Waals surface area contributed by atoms with Crippen LogP contribution in [0.3, 0.4) is 0 Å². The summed E-state index contributed by atoms with van der Waals surface area (Å²) in [6.07, 6.45) is 0. The molecule has 6 nitrogen and oxygen atoms in total. The van der Waals surface area contributed by atoms with Crippen LogP contribution in [0.2, 0.25) is 0 Å². The molecule has 0 bridgehead atoms. The van der Waals surface area contributed by atoms with Crippen LogP contribution in [0, 0.1) is 27.7 Å². The Bertz CT molecular complexity index is 1190. The molecule has 0 aliphatic heterocycles. The minimum atomic E-state index is -0.141. The predicted octanol–water partition coefficient (Wildman–Crippen LogP) is 5.07. The number of carbonyl (C=O) groups excluding carboxylic acids is 1. The van der Waals surface area contributed by atoms with Crippen molar-refractivity contribution < 1.29 is 9.21 Å². The molecule has 0 spiro atoms. The van der Waals surface area contributed by atoms with Crippen LogP contribution in [0.25, 0.3) is 11.5 Å². The minimum absolute atomic E-state index is 0.141. The molecule has 0 fully saturated rings. The van der Waals surface area contributed by atoms with Gasteiger partial charge in [0.2, 0.25) is 5.89 Å². The number of oxazole rings is 1.